The lowest BCUT2D eigenvalue weighted by atomic mass is 10.1. The second-order valence-electron chi connectivity index (χ2n) is 9.89. The highest BCUT2D eigenvalue weighted by atomic mass is 32.1. The van der Waals surface area contributed by atoms with Gasteiger partial charge in [0.2, 0.25) is 0 Å². The van der Waals surface area contributed by atoms with E-state index in [1.165, 1.54) is 0 Å². The summed E-state index contributed by atoms with van der Waals surface area (Å²) in [5, 5.41) is 7.82. The van der Waals surface area contributed by atoms with Crippen molar-refractivity contribution in [1.82, 2.24) is 9.97 Å². The summed E-state index contributed by atoms with van der Waals surface area (Å²) < 4.78 is 0. The van der Waals surface area contributed by atoms with E-state index in [0.29, 0.717) is 21.1 Å². The first kappa shape index (κ1) is 26.1. The van der Waals surface area contributed by atoms with Gasteiger partial charge in [-0.25, -0.2) is 0 Å². The molecule has 8 nitrogen and oxygen atoms in total. The van der Waals surface area contributed by atoms with Gasteiger partial charge in [-0.05, 0) is 74.5 Å². The number of amides is 2. The molecule has 39 heavy (non-hydrogen) atoms. The average molecular weight is 539 g/mol. The van der Waals surface area contributed by atoms with Crippen LogP contribution in [0.1, 0.15) is 30.7 Å². The van der Waals surface area contributed by atoms with Gasteiger partial charge in [0.05, 0.1) is 20.8 Å². The normalized spacial score (nSPS) is 11.0. The van der Waals surface area contributed by atoms with Gasteiger partial charge in [0, 0.05) is 73.1 Å². The molecule has 0 aliphatic rings. The number of anilines is 4. The Balaban J connectivity index is 1.33. The van der Waals surface area contributed by atoms with Crippen LogP contribution in [0.15, 0.2) is 60.7 Å². The molecule has 3 aromatic heterocycles. The van der Waals surface area contributed by atoms with E-state index in [9.17, 15) is 9.59 Å². The fourth-order valence-corrected chi connectivity index (χ4v) is 5.33. The van der Waals surface area contributed by atoms with Crippen LogP contribution in [0.4, 0.5) is 22.7 Å². The summed E-state index contributed by atoms with van der Waals surface area (Å²) in [6.07, 6.45) is 0. The number of fused-ring (bicyclic) bond motifs is 2. The molecule has 5 rings (SSSR count). The molecule has 3 heterocycles. The number of aromatic nitrogens is 2. The standard InChI is InChI=1S/C30H30N6O2S/c1-17-13-25(35(3)4)21-15-19(7-9-23(21)31-17)33-29(37)27-11-12-28(39-27)30(38)34-20-8-10-24-22(16-20)26(36(5)6)14-18(2)32-24/h7-16H,1-6H3,(H,33,37)(H,34,38). The van der Waals surface area contributed by atoms with E-state index in [-0.39, 0.29) is 11.8 Å². The van der Waals surface area contributed by atoms with Crippen LogP contribution in [0, 0.1) is 13.8 Å². The summed E-state index contributed by atoms with van der Waals surface area (Å²) in [7, 11) is 7.92. The minimum atomic E-state index is -0.271. The molecule has 0 aliphatic carbocycles. The van der Waals surface area contributed by atoms with Gasteiger partial charge in [-0.15, -0.1) is 11.3 Å². The number of nitrogens with one attached hydrogen (secondary N) is 2. The Hall–Kier alpha value is -4.50. The van der Waals surface area contributed by atoms with Gasteiger partial charge in [0.1, 0.15) is 0 Å². The first-order valence-electron chi connectivity index (χ1n) is 12.5. The topological polar surface area (TPSA) is 90.5 Å². The van der Waals surface area contributed by atoms with Crippen LogP contribution in [0.3, 0.4) is 0 Å². The molecule has 0 aliphatic heterocycles. The van der Waals surface area contributed by atoms with E-state index >= 15 is 0 Å². The van der Waals surface area contributed by atoms with E-state index < -0.39 is 0 Å². The second-order valence-corrected chi connectivity index (χ2v) is 11.0. The van der Waals surface area contributed by atoms with Crippen molar-refractivity contribution in [2.24, 2.45) is 0 Å². The lowest BCUT2D eigenvalue weighted by Gasteiger charge is -2.17. The van der Waals surface area contributed by atoms with Crippen molar-refractivity contribution in [3.05, 3.63) is 81.8 Å². The highest BCUT2D eigenvalue weighted by Crippen LogP contribution is 2.30. The zero-order chi connectivity index (χ0) is 27.8. The number of aryl methyl sites for hydroxylation is 2. The monoisotopic (exact) mass is 538 g/mol. The Morgan fingerprint density at radius 3 is 1.44 bits per heavy atom. The molecule has 2 N–H and O–H groups in total. The number of hydrogen-bond acceptors (Lipinski definition) is 7. The predicted octanol–water partition coefficient (Wildman–Crippen LogP) is 6.10. The summed E-state index contributed by atoms with van der Waals surface area (Å²) in [6, 6.07) is 18.7. The van der Waals surface area contributed by atoms with Crippen LogP contribution < -0.4 is 20.4 Å². The Bertz CT molecular complexity index is 1620. The summed E-state index contributed by atoms with van der Waals surface area (Å²) in [6.45, 7) is 3.93. The largest absolute Gasteiger partial charge is 0.377 e. The molecular formula is C30H30N6O2S. The van der Waals surface area contributed by atoms with E-state index in [1.54, 1.807) is 12.1 Å². The number of carbonyl (C=O) groups is 2. The minimum Gasteiger partial charge on any atom is -0.377 e. The molecule has 2 aromatic carbocycles. The average Bonchev–Trinajstić information content (AvgIpc) is 3.39. The number of thiophene rings is 1. The van der Waals surface area contributed by atoms with Gasteiger partial charge in [-0.2, -0.15) is 0 Å². The molecule has 2 amide bonds. The Kier molecular flexibility index (Phi) is 6.93. The molecule has 0 bridgehead atoms. The van der Waals surface area contributed by atoms with Gasteiger partial charge in [-0.3, -0.25) is 19.6 Å². The van der Waals surface area contributed by atoms with Gasteiger partial charge in [-0.1, -0.05) is 0 Å². The van der Waals surface area contributed by atoms with E-state index in [2.05, 4.69) is 20.6 Å². The molecule has 0 saturated heterocycles. The zero-order valence-electron chi connectivity index (χ0n) is 22.8. The Morgan fingerprint density at radius 1 is 0.641 bits per heavy atom. The third kappa shape index (κ3) is 5.39. The van der Waals surface area contributed by atoms with Crippen LogP contribution in [0.5, 0.6) is 0 Å². The first-order chi connectivity index (χ1) is 18.6. The fraction of sp³-hybridized carbons (Fsp3) is 0.200. The predicted molar refractivity (Wildman–Crippen MR) is 162 cm³/mol. The fourth-order valence-electron chi connectivity index (χ4n) is 4.54. The van der Waals surface area contributed by atoms with Crippen molar-refractivity contribution in [2.75, 3.05) is 48.6 Å². The first-order valence-corrected chi connectivity index (χ1v) is 13.3. The minimum absolute atomic E-state index is 0.271. The van der Waals surface area contributed by atoms with Crippen LogP contribution >= 0.6 is 11.3 Å². The SMILES string of the molecule is Cc1cc(N(C)C)c2cc(NC(=O)c3ccc(C(=O)Nc4ccc5nc(C)cc(N(C)C)c5c4)s3)ccc2n1. The number of rotatable bonds is 6. The van der Waals surface area contributed by atoms with Crippen molar-refractivity contribution in [1.29, 1.82) is 0 Å². The third-order valence-electron chi connectivity index (χ3n) is 6.36. The van der Waals surface area contributed by atoms with Crippen molar-refractivity contribution in [2.45, 2.75) is 13.8 Å². The lowest BCUT2D eigenvalue weighted by Crippen LogP contribution is -2.12. The van der Waals surface area contributed by atoms with Crippen LogP contribution in [0.2, 0.25) is 0 Å². The molecule has 198 valence electrons. The molecule has 0 radical (unpaired) electrons. The quantitative estimate of drug-likeness (QED) is 0.272. The van der Waals surface area contributed by atoms with Crippen molar-refractivity contribution >= 4 is 67.7 Å². The second kappa shape index (κ2) is 10.3. The van der Waals surface area contributed by atoms with Crippen molar-refractivity contribution in [3.63, 3.8) is 0 Å². The van der Waals surface area contributed by atoms with Gasteiger partial charge in [0.25, 0.3) is 11.8 Å². The molecule has 9 heteroatoms. The highest BCUT2D eigenvalue weighted by Gasteiger charge is 2.16. The Labute approximate surface area is 231 Å². The Morgan fingerprint density at radius 2 is 1.05 bits per heavy atom. The van der Waals surface area contributed by atoms with E-state index in [4.69, 9.17) is 0 Å². The molecule has 0 atom stereocenters. The van der Waals surface area contributed by atoms with Gasteiger partial charge >= 0.3 is 0 Å². The van der Waals surface area contributed by atoms with Crippen molar-refractivity contribution < 1.29 is 9.59 Å². The third-order valence-corrected chi connectivity index (χ3v) is 7.45. The zero-order valence-corrected chi connectivity index (χ0v) is 23.6. The summed E-state index contributed by atoms with van der Waals surface area (Å²) in [5.41, 5.74) is 6.98. The number of carbonyl (C=O) groups excluding carboxylic acids is 2. The number of benzene rings is 2. The van der Waals surface area contributed by atoms with Crippen LogP contribution in [-0.4, -0.2) is 50.0 Å². The van der Waals surface area contributed by atoms with E-state index in [1.807, 2.05) is 100 Å². The summed E-state index contributed by atoms with van der Waals surface area (Å²) >= 11 is 1.15. The number of hydrogen-bond donors (Lipinski definition) is 2. The molecule has 5 aromatic rings. The highest BCUT2D eigenvalue weighted by molar-refractivity contribution is 7.16. The maximum Gasteiger partial charge on any atom is 0.265 e. The van der Waals surface area contributed by atoms with E-state index in [0.717, 1.165) is 55.9 Å². The maximum absolute atomic E-state index is 13.0. The number of nitrogens with zero attached hydrogens (tertiary/aromatic N) is 4. The van der Waals surface area contributed by atoms with Crippen molar-refractivity contribution in [3.8, 4) is 0 Å². The van der Waals surface area contributed by atoms with Gasteiger partial charge < -0.3 is 20.4 Å². The lowest BCUT2D eigenvalue weighted by molar-refractivity contribution is 0.102. The van der Waals surface area contributed by atoms with Gasteiger partial charge in [0.15, 0.2) is 0 Å². The molecule has 0 fully saturated rings. The maximum atomic E-state index is 13.0. The molecule has 0 unspecified atom stereocenters. The summed E-state index contributed by atoms with van der Waals surface area (Å²) in [5.74, 6) is -0.541. The van der Waals surface area contributed by atoms with Crippen LogP contribution in [0.25, 0.3) is 21.8 Å². The molecule has 0 saturated carbocycles. The summed E-state index contributed by atoms with van der Waals surface area (Å²) in [4.78, 5) is 40.2. The number of pyridine rings is 2. The van der Waals surface area contributed by atoms with Crippen LogP contribution in [-0.2, 0) is 0 Å². The molecular weight excluding hydrogens is 508 g/mol. The molecule has 0 spiro atoms. The smallest absolute Gasteiger partial charge is 0.265 e.